The van der Waals surface area contributed by atoms with E-state index in [0.29, 0.717) is 20.6 Å². The van der Waals surface area contributed by atoms with Crippen LogP contribution in [-0.4, -0.2) is 0 Å². The Labute approximate surface area is 92.0 Å². The number of rotatable bonds is 1. The minimum absolute atomic E-state index is 0.336. The third-order valence-corrected chi connectivity index (χ3v) is 2.50. The number of hydrogen-bond acceptors (Lipinski definition) is 0. The van der Waals surface area contributed by atoms with Crippen molar-refractivity contribution in [2.75, 3.05) is 0 Å². The van der Waals surface area contributed by atoms with E-state index in [1.54, 1.807) is 19.1 Å². The Kier molecular flexibility index (Phi) is 3.44. The van der Waals surface area contributed by atoms with Crippen LogP contribution in [0.15, 0.2) is 12.1 Å². The monoisotopic (exact) mass is 233 g/mol. The first-order valence-electron chi connectivity index (χ1n) is 3.57. The molecule has 0 aliphatic heterocycles. The van der Waals surface area contributed by atoms with Crippen LogP contribution in [0.5, 0.6) is 0 Å². The van der Waals surface area contributed by atoms with Gasteiger partial charge in [-0.15, -0.1) is 0 Å². The van der Waals surface area contributed by atoms with Crippen molar-refractivity contribution in [3.63, 3.8) is 0 Å². The molecule has 0 fully saturated rings. The van der Waals surface area contributed by atoms with E-state index in [1.807, 2.05) is 0 Å². The van der Waals surface area contributed by atoms with Gasteiger partial charge in [0.05, 0.1) is 15.6 Å². The van der Waals surface area contributed by atoms with Crippen molar-refractivity contribution < 1.29 is 0 Å². The minimum Gasteiger partial charge on any atom is -0.309 e. The molecule has 0 radical (unpaired) electrons. The fourth-order valence-corrected chi connectivity index (χ4v) is 2.15. The predicted octanol–water partition coefficient (Wildman–Crippen LogP) is 4.63. The SMILES string of the molecule is [C-]#[N+]C(C)c1c(Cl)cc(Cl)cc1Cl. The van der Waals surface area contributed by atoms with Gasteiger partial charge in [-0.1, -0.05) is 34.8 Å². The van der Waals surface area contributed by atoms with Crippen LogP contribution in [0.2, 0.25) is 15.1 Å². The smallest absolute Gasteiger partial charge is 0.248 e. The lowest BCUT2D eigenvalue weighted by Gasteiger charge is -2.05. The molecule has 0 heterocycles. The van der Waals surface area contributed by atoms with E-state index in [-0.39, 0.29) is 6.04 Å². The van der Waals surface area contributed by atoms with Gasteiger partial charge in [0, 0.05) is 11.9 Å². The Morgan fingerprint density at radius 2 is 1.69 bits per heavy atom. The summed E-state index contributed by atoms with van der Waals surface area (Å²) in [5.74, 6) is 0. The van der Waals surface area contributed by atoms with Gasteiger partial charge in [-0.25, -0.2) is 6.57 Å². The van der Waals surface area contributed by atoms with Crippen LogP contribution in [0.4, 0.5) is 0 Å². The van der Waals surface area contributed by atoms with E-state index in [9.17, 15) is 0 Å². The molecule has 1 nitrogen and oxygen atoms in total. The number of benzene rings is 1. The molecule has 0 amide bonds. The maximum absolute atomic E-state index is 6.87. The molecule has 0 spiro atoms. The molecule has 0 saturated heterocycles. The van der Waals surface area contributed by atoms with Crippen molar-refractivity contribution in [2.24, 2.45) is 0 Å². The molecule has 0 bridgehead atoms. The van der Waals surface area contributed by atoms with Crippen LogP contribution >= 0.6 is 34.8 Å². The Morgan fingerprint density at radius 3 is 2.08 bits per heavy atom. The standard InChI is InChI=1S/C9H6Cl3N/c1-5(13-2)9-7(11)3-6(10)4-8(9)12/h3-5H,1H3. The maximum atomic E-state index is 6.87. The van der Waals surface area contributed by atoms with E-state index in [1.165, 1.54) is 0 Å². The molecule has 13 heavy (non-hydrogen) atoms. The van der Waals surface area contributed by atoms with Crippen molar-refractivity contribution in [3.8, 4) is 0 Å². The van der Waals surface area contributed by atoms with Gasteiger partial charge in [-0.2, -0.15) is 0 Å². The number of halogens is 3. The second-order valence-electron chi connectivity index (χ2n) is 2.59. The lowest BCUT2D eigenvalue weighted by atomic mass is 10.1. The summed E-state index contributed by atoms with van der Waals surface area (Å²) in [6.45, 7) is 8.61. The minimum atomic E-state index is -0.336. The molecule has 1 rings (SSSR count). The molecule has 0 aromatic heterocycles. The van der Waals surface area contributed by atoms with Gasteiger partial charge in [0.25, 0.3) is 0 Å². The van der Waals surface area contributed by atoms with Crippen molar-refractivity contribution in [2.45, 2.75) is 13.0 Å². The first kappa shape index (κ1) is 10.7. The molecule has 1 aromatic carbocycles. The zero-order valence-corrected chi connectivity index (χ0v) is 9.08. The second kappa shape index (κ2) is 4.19. The zero-order chi connectivity index (χ0) is 10.0. The lowest BCUT2D eigenvalue weighted by molar-refractivity contribution is 0.962. The van der Waals surface area contributed by atoms with Crippen LogP contribution in [-0.2, 0) is 0 Å². The molecule has 1 atom stereocenters. The lowest BCUT2D eigenvalue weighted by Crippen LogP contribution is -1.90. The zero-order valence-electron chi connectivity index (χ0n) is 6.81. The van der Waals surface area contributed by atoms with Crippen molar-refractivity contribution in [1.82, 2.24) is 0 Å². The Morgan fingerprint density at radius 1 is 1.23 bits per heavy atom. The molecule has 0 aliphatic carbocycles. The maximum Gasteiger partial charge on any atom is 0.248 e. The van der Waals surface area contributed by atoms with Gasteiger partial charge in [-0.3, -0.25) is 0 Å². The quantitative estimate of drug-likeness (QED) is 0.624. The summed E-state index contributed by atoms with van der Waals surface area (Å²) in [5.41, 5.74) is 0.641. The van der Waals surface area contributed by atoms with Crippen LogP contribution in [0.1, 0.15) is 18.5 Å². The molecule has 0 saturated carbocycles. The number of nitrogens with zero attached hydrogens (tertiary/aromatic N) is 1. The van der Waals surface area contributed by atoms with E-state index in [2.05, 4.69) is 4.85 Å². The van der Waals surface area contributed by atoms with Crippen molar-refractivity contribution in [3.05, 3.63) is 44.2 Å². The van der Waals surface area contributed by atoms with E-state index in [4.69, 9.17) is 41.4 Å². The van der Waals surface area contributed by atoms with Crippen LogP contribution in [0.25, 0.3) is 4.85 Å². The van der Waals surface area contributed by atoms with Crippen molar-refractivity contribution >= 4 is 34.8 Å². The Balaban J connectivity index is 3.30. The summed E-state index contributed by atoms with van der Waals surface area (Å²) in [6.07, 6.45) is 0. The summed E-state index contributed by atoms with van der Waals surface area (Å²) in [6, 6.07) is 2.84. The average molecular weight is 235 g/mol. The average Bonchev–Trinajstić information content (AvgIpc) is 2.02. The predicted molar refractivity (Wildman–Crippen MR) is 56.5 cm³/mol. The van der Waals surface area contributed by atoms with Crippen LogP contribution < -0.4 is 0 Å². The van der Waals surface area contributed by atoms with Gasteiger partial charge < -0.3 is 4.85 Å². The highest BCUT2D eigenvalue weighted by molar-refractivity contribution is 6.39. The fourth-order valence-electron chi connectivity index (χ4n) is 1.02. The molecular weight excluding hydrogens is 228 g/mol. The van der Waals surface area contributed by atoms with Crippen molar-refractivity contribution in [1.29, 1.82) is 0 Å². The molecule has 68 valence electrons. The Hall–Kier alpha value is -0.420. The highest BCUT2D eigenvalue weighted by Gasteiger charge is 2.17. The van der Waals surface area contributed by atoms with E-state index >= 15 is 0 Å². The molecule has 0 aliphatic rings. The van der Waals surface area contributed by atoms with Gasteiger partial charge in [0.1, 0.15) is 0 Å². The van der Waals surface area contributed by atoms with Gasteiger partial charge in [0.2, 0.25) is 6.04 Å². The van der Waals surface area contributed by atoms with E-state index < -0.39 is 0 Å². The molecule has 0 N–H and O–H groups in total. The highest BCUT2D eigenvalue weighted by Crippen LogP contribution is 2.34. The van der Waals surface area contributed by atoms with E-state index in [0.717, 1.165) is 0 Å². The molecule has 4 heteroatoms. The summed E-state index contributed by atoms with van der Waals surface area (Å²) in [4.78, 5) is 3.35. The largest absolute Gasteiger partial charge is 0.309 e. The third kappa shape index (κ3) is 2.28. The summed E-state index contributed by atoms with van der Waals surface area (Å²) in [5, 5.41) is 1.37. The fraction of sp³-hybridized carbons (Fsp3) is 0.222. The first-order chi connectivity index (χ1) is 6.06. The summed E-state index contributed by atoms with van der Waals surface area (Å²) < 4.78 is 0. The van der Waals surface area contributed by atoms with Gasteiger partial charge >= 0.3 is 0 Å². The third-order valence-electron chi connectivity index (χ3n) is 1.66. The molecule has 1 unspecified atom stereocenters. The Bertz CT molecular complexity index is 345. The van der Waals surface area contributed by atoms with Gasteiger partial charge in [-0.05, 0) is 12.1 Å². The topological polar surface area (TPSA) is 4.36 Å². The van der Waals surface area contributed by atoms with Crippen LogP contribution in [0, 0.1) is 6.57 Å². The van der Waals surface area contributed by atoms with Crippen LogP contribution in [0.3, 0.4) is 0 Å². The molecule has 1 aromatic rings. The van der Waals surface area contributed by atoms with Gasteiger partial charge in [0.15, 0.2) is 0 Å². The summed E-state index contributed by atoms with van der Waals surface area (Å²) >= 11 is 17.5. The normalized spacial score (nSPS) is 12.2. The summed E-state index contributed by atoms with van der Waals surface area (Å²) in [7, 11) is 0. The first-order valence-corrected chi connectivity index (χ1v) is 4.70. The highest BCUT2D eigenvalue weighted by atomic mass is 35.5. The second-order valence-corrected chi connectivity index (χ2v) is 3.84. The molecular formula is C9H6Cl3N. The number of hydrogen-bond donors (Lipinski definition) is 0.